The van der Waals surface area contributed by atoms with Gasteiger partial charge >= 0.3 is 5.97 Å². The molecule has 3 aromatic rings. The summed E-state index contributed by atoms with van der Waals surface area (Å²) in [5.74, 6) is -0.784. The molecule has 1 aromatic heterocycles. The molecule has 5 heteroatoms. The van der Waals surface area contributed by atoms with Crippen molar-refractivity contribution in [2.24, 2.45) is 0 Å². The maximum atomic E-state index is 12.3. The highest BCUT2D eigenvalue weighted by Gasteiger charge is 2.23. The Morgan fingerprint density at radius 3 is 2.78 bits per heavy atom. The molecule has 138 valence electrons. The summed E-state index contributed by atoms with van der Waals surface area (Å²) in [6.07, 6.45) is 2.95. The molecule has 2 aromatic carbocycles. The fourth-order valence-electron chi connectivity index (χ4n) is 3.71. The Morgan fingerprint density at radius 2 is 1.93 bits per heavy atom. The number of aryl methyl sites for hydroxylation is 2. The van der Waals surface area contributed by atoms with Gasteiger partial charge in [-0.1, -0.05) is 42.5 Å². The number of hydrogen-bond acceptors (Lipinski definition) is 4. The van der Waals surface area contributed by atoms with Crippen LogP contribution in [0.5, 0.6) is 0 Å². The normalized spacial score (nSPS) is 16.0. The molecule has 5 nitrogen and oxygen atoms in total. The van der Waals surface area contributed by atoms with Gasteiger partial charge in [0.05, 0.1) is 6.04 Å². The van der Waals surface area contributed by atoms with Gasteiger partial charge in [-0.3, -0.25) is 4.79 Å². The number of benzene rings is 2. The monoisotopic (exact) mass is 363 g/mol. The number of nitrogens with one attached hydrogen (secondary N) is 1. The molecular formula is C22H21NO4. The Labute approximate surface area is 157 Å². The SMILES string of the molecule is Cc1c(C(=O)OCC(=O)N[C@@H]2CCCc3ccccc32)oc2ccccc12. The number of esters is 1. The zero-order chi connectivity index (χ0) is 18.8. The first-order valence-electron chi connectivity index (χ1n) is 9.16. The number of amides is 1. The Hall–Kier alpha value is -3.08. The van der Waals surface area contributed by atoms with E-state index in [1.807, 2.05) is 43.3 Å². The number of ether oxygens (including phenoxy) is 1. The first kappa shape index (κ1) is 17.3. The fraction of sp³-hybridized carbons (Fsp3) is 0.273. The highest BCUT2D eigenvalue weighted by Crippen LogP contribution is 2.29. The van der Waals surface area contributed by atoms with Crippen molar-refractivity contribution in [1.82, 2.24) is 5.32 Å². The van der Waals surface area contributed by atoms with E-state index in [2.05, 4.69) is 11.4 Å². The number of rotatable bonds is 4. The molecule has 0 fully saturated rings. The second-order valence-electron chi connectivity index (χ2n) is 6.84. The molecule has 1 amide bonds. The topological polar surface area (TPSA) is 68.5 Å². The predicted octanol–water partition coefficient (Wildman–Crippen LogP) is 4.09. The van der Waals surface area contributed by atoms with E-state index in [0.717, 1.165) is 35.8 Å². The van der Waals surface area contributed by atoms with Crippen LogP contribution in [0.1, 0.15) is 46.1 Å². The molecule has 4 rings (SSSR count). The van der Waals surface area contributed by atoms with Crippen LogP contribution >= 0.6 is 0 Å². The van der Waals surface area contributed by atoms with E-state index in [-0.39, 0.29) is 24.3 Å². The summed E-state index contributed by atoms with van der Waals surface area (Å²) >= 11 is 0. The minimum Gasteiger partial charge on any atom is -0.450 e. The van der Waals surface area contributed by atoms with Gasteiger partial charge in [0.15, 0.2) is 6.61 Å². The minimum absolute atomic E-state index is 0.0333. The zero-order valence-electron chi connectivity index (χ0n) is 15.2. The molecular weight excluding hydrogens is 342 g/mol. The van der Waals surface area contributed by atoms with Crippen LogP contribution in [0, 0.1) is 6.92 Å². The van der Waals surface area contributed by atoms with Crippen molar-refractivity contribution in [2.45, 2.75) is 32.2 Å². The summed E-state index contributed by atoms with van der Waals surface area (Å²) in [5, 5.41) is 3.84. The minimum atomic E-state index is -0.622. The maximum Gasteiger partial charge on any atom is 0.375 e. The van der Waals surface area contributed by atoms with E-state index >= 15 is 0 Å². The second kappa shape index (κ2) is 7.27. The van der Waals surface area contributed by atoms with Crippen LogP contribution in [0.25, 0.3) is 11.0 Å². The molecule has 0 radical (unpaired) electrons. The van der Waals surface area contributed by atoms with Crippen molar-refractivity contribution in [1.29, 1.82) is 0 Å². The summed E-state index contributed by atoms with van der Waals surface area (Å²) in [6, 6.07) is 15.5. The average molecular weight is 363 g/mol. The summed E-state index contributed by atoms with van der Waals surface area (Å²) in [4.78, 5) is 24.6. The van der Waals surface area contributed by atoms with E-state index in [1.165, 1.54) is 5.56 Å². The van der Waals surface area contributed by atoms with E-state index in [9.17, 15) is 9.59 Å². The maximum absolute atomic E-state index is 12.3. The zero-order valence-corrected chi connectivity index (χ0v) is 15.2. The van der Waals surface area contributed by atoms with Crippen LogP contribution in [0.15, 0.2) is 52.9 Å². The number of carbonyl (C=O) groups excluding carboxylic acids is 2. The van der Waals surface area contributed by atoms with Gasteiger partial charge in [0.2, 0.25) is 5.76 Å². The lowest BCUT2D eigenvalue weighted by Gasteiger charge is -2.26. The van der Waals surface area contributed by atoms with Gasteiger partial charge in [-0.05, 0) is 43.4 Å². The van der Waals surface area contributed by atoms with Crippen molar-refractivity contribution in [3.63, 3.8) is 0 Å². The van der Waals surface area contributed by atoms with Crippen molar-refractivity contribution in [3.05, 3.63) is 71.0 Å². The molecule has 27 heavy (non-hydrogen) atoms. The Morgan fingerprint density at radius 1 is 1.15 bits per heavy atom. The third-order valence-corrected chi connectivity index (χ3v) is 5.07. The van der Waals surface area contributed by atoms with Crippen LogP contribution in [0.4, 0.5) is 0 Å². The van der Waals surface area contributed by atoms with Crippen molar-refractivity contribution < 1.29 is 18.7 Å². The third-order valence-electron chi connectivity index (χ3n) is 5.07. The molecule has 0 saturated carbocycles. The van der Waals surface area contributed by atoms with Gasteiger partial charge in [-0.15, -0.1) is 0 Å². The van der Waals surface area contributed by atoms with Gasteiger partial charge < -0.3 is 14.5 Å². The number of fused-ring (bicyclic) bond motifs is 2. The quantitative estimate of drug-likeness (QED) is 0.709. The lowest BCUT2D eigenvalue weighted by Crippen LogP contribution is -2.34. The highest BCUT2D eigenvalue weighted by atomic mass is 16.5. The molecule has 0 saturated heterocycles. The summed E-state index contributed by atoms with van der Waals surface area (Å²) in [5.41, 5.74) is 3.77. The highest BCUT2D eigenvalue weighted by molar-refractivity contribution is 5.96. The van der Waals surface area contributed by atoms with Crippen LogP contribution < -0.4 is 5.32 Å². The van der Waals surface area contributed by atoms with E-state index in [0.29, 0.717) is 5.58 Å². The van der Waals surface area contributed by atoms with Crippen molar-refractivity contribution in [2.75, 3.05) is 6.61 Å². The lowest BCUT2D eigenvalue weighted by atomic mass is 9.88. The molecule has 1 atom stereocenters. The van der Waals surface area contributed by atoms with Crippen molar-refractivity contribution in [3.8, 4) is 0 Å². The number of hydrogen-bond donors (Lipinski definition) is 1. The standard InChI is InChI=1S/C22H21NO4/c1-14-16-9-4-5-12-19(16)27-21(14)22(25)26-13-20(24)23-18-11-6-8-15-7-2-3-10-17(15)18/h2-5,7,9-10,12,18H,6,8,11,13H2,1H3,(H,23,24)/t18-/m1/s1. The van der Waals surface area contributed by atoms with Gasteiger partial charge in [0, 0.05) is 10.9 Å². The van der Waals surface area contributed by atoms with Gasteiger partial charge in [-0.2, -0.15) is 0 Å². The summed E-state index contributed by atoms with van der Waals surface area (Å²) < 4.78 is 10.8. The van der Waals surface area contributed by atoms with E-state index in [4.69, 9.17) is 9.15 Å². The molecule has 0 unspecified atom stereocenters. The smallest absolute Gasteiger partial charge is 0.375 e. The number of para-hydroxylation sites is 1. The van der Waals surface area contributed by atoms with Crippen LogP contribution in [-0.2, 0) is 16.0 Å². The molecule has 0 bridgehead atoms. The van der Waals surface area contributed by atoms with Gasteiger partial charge in [0.25, 0.3) is 5.91 Å². The Bertz CT molecular complexity index is 1000. The van der Waals surface area contributed by atoms with E-state index < -0.39 is 5.97 Å². The summed E-state index contributed by atoms with van der Waals surface area (Å²) in [6.45, 7) is 1.48. The van der Waals surface area contributed by atoms with Crippen LogP contribution in [-0.4, -0.2) is 18.5 Å². The Balaban J connectivity index is 1.39. The predicted molar refractivity (Wildman–Crippen MR) is 101 cm³/mol. The largest absolute Gasteiger partial charge is 0.450 e. The van der Waals surface area contributed by atoms with Crippen LogP contribution in [0.3, 0.4) is 0 Å². The fourth-order valence-corrected chi connectivity index (χ4v) is 3.71. The average Bonchev–Trinajstić information content (AvgIpc) is 3.03. The molecule has 0 spiro atoms. The van der Waals surface area contributed by atoms with Gasteiger partial charge in [-0.25, -0.2) is 4.79 Å². The molecule has 1 heterocycles. The first-order valence-corrected chi connectivity index (χ1v) is 9.16. The lowest BCUT2D eigenvalue weighted by molar-refractivity contribution is -0.125. The number of furan rings is 1. The molecule has 1 N–H and O–H groups in total. The summed E-state index contributed by atoms with van der Waals surface area (Å²) in [7, 11) is 0. The third kappa shape index (κ3) is 3.45. The van der Waals surface area contributed by atoms with E-state index in [1.54, 1.807) is 6.07 Å². The molecule has 1 aliphatic rings. The second-order valence-corrected chi connectivity index (χ2v) is 6.84. The Kier molecular flexibility index (Phi) is 4.67. The molecule has 0 aliphatic heterocycles. The van der Waals surface area contributed by atoms with Crippen LogP contribution in [0.2, 0.25) is 0 Å². The molecule has 1 aliphatic carbocycles. The van der Waals surface area contributed by atoms with Crippen molar-refractivity contribution >= 4 is 22.8 Å². The first-order chi connectivity index (χ1) is 13.1. The number of carbonyl (C=O) groups is 2. The van der Waals surface area contributed by atoms with Gasteiger partial charge in [0.1, 0.15) is 5.58 Å².